The molecular formula is C18H32Cl2N2Ni. The summed E-state index contributed by atoms with van der Waals surface area (Å²) >= 11 is 0.569. The van der Waals surface area contributed by atoms with Gasteiger partial charge < -0.3 is 0 Å². The van der Waals surface area contributed by atoms with Crippen LogP contribution in [0.1, 0.15) is 66.2 Å². The molecule has 2 saturated carbocycles. The molecular weight excluding hydrogens is 374 g/mol. The van der Waals surface area contributed by atoms with Crippen LogP contribution in [0.15, 0.2) is 9.98 Å². The van der Waals surface area contributed by atoms with Crippen LogP contribution in [0.4, 0.5) is 0 Å². The van der Waals surface area contributed by atoms with Crippen LogP contribution in [0.25, 0.3) is 0 Å². The first-order valence-corrected chi connectivity index (χ1v) is 11.6. The van der Waals surface area contributed by atoms with Crippen molar-refractivity contribution in [3.05, 3.63) is 0 Å². The van der Waals surface area contributed by atoms with E-state index in [0.29, 0.717) is 24.7 Å². The average molecular weight is 406 g/mol. The van der Waals surface area contributed by atoms with Gasteiger partial charge in [-0.1, -0.05) is 40.5 Å². The molecule has 0 radical (unpaired) electrons. The van der Waals surface area contributed by atoms with Crippen LogP contribution in [0.5, 0.6) is 0 Å². The molecule has 0 aromatic rings. The minimum atomic E-state index is 0.511. The number of nitrogens with zero attached hydrogens (tertiary/aromatic N) is 2. The molecule has 2 rings (SSSR count). The Morgan fingerprint density at radius 2 is 0.957 bits per heavy atom. The Kier molecular flexibility index (Phi) is 11.1. The van der Waals surface area contributed by atoms with Gasteiger partial charge in [-0.3, -0.25) is 9.98 Å². The van der Waals surface area contributed by atoms with Crippen LogP contribution in [0, 0.1) is 23.7 Å². The maximum absolute atomic E-state index is 4.81. The van der Waals surface area contributed by atoms with Crippen LogP contribution < -0.4 is 0 Å². The second-order valence-corrected chi connectivity index (χ2v) is 9.02. The molecule has 0 amide bonds. The molecule has 2 aliphatic carbocycles. The van der Waals surface area contributed by atoms with Gasteiger partial charge in [-0.25, -0.2) is 0 Å². The number of halogens is 2. The monoisotopic (exact) mass is 404 g/mol. The SMILES string of the molecule is CC1CCCC(C)C1N=CC=NC1C(C)CCCC1C.[Cl][Ni][Cl]. The average Bonchev–Trinajstić information content (AvgIpc) is 2.49. The molecule has 23 heavy (non-hydrogen) atoms. The Hall–Kier alpha value is 0.414. The van der Waals surface area contributed by atoms with Crippen LogP contribution in [0.2, 0.25) is 0 Å². The van der Waals surface area contributed by atoms with Gasteiger partial charge in [0, 0.05) is 12.4 Å². The van der Waals surface area contributed by atoms with Gasteiger partial charge >= 0.3 is 33.0 Å². The van der Waals surface area contributed by atoms with Gasteiger partial charge in [-0.15, -0.1) is 0 Å². The fraction of sp³-hybridized carbons (Fsp3) is 0.889. The van der Waals surface area contributed by atoms with E-state index >= 15 is 0 Å². The predicted molar refractivity (Wildman–Crippen MR) is 101 cm³/mol. The Morgan fingerprint density at radius 1 is 0.696 bits per heavy atom. The second kappa shape index (κ2) is 11.9. The maximum atomic E-state index is 4.81. The summed E-state index contributed by atoms with van der Waals surface area (Å²) in [6, 6.07) is 1.02. The van der Waals surface area contributed by atoms with E-state index in [2.05, 4.69) is 27.7 Å². The fourth-order valence-electron chi connectivity index (χ4n) is 4.19. The zero-order valence-electron chi connectivity index (χ0n) is 14.8. The Balaban J connectivity index is 0.000000816. The number of hydrogen-bond acceptors (Lipinski definition) is 2. The predicted octanol–water partition coefficient (Wildman–Crippen LogP) is 6.15. The zero-order valence-corrected chi connectivity index (χ0v) is 17.3. The van der Waals surface area contributed by atoms with Gasteiger partial charge in [0.1, 0.15) is 0 Å². The summed E-state index contributed by atoms with van der Waals surface area (Å²) in [5.41, 5.74) is 0. The molecule has 138 valence electrons. The number of rotatable bonds is 3. The third-order valence-corrected chi connectivity index (χ3v) is 5.55. The molecule has 5 heteroatoms. The van der Waals surface area contributed by atoms with E-state index in [0.717, 1.165) is 23.7 Å². The van der Waals surface area contributed by atoms with E-state index < -0.39 is 0 Å². The van der Waals surface area contributed by atoms with Crippen LogP contribution in [0.3, 0.4) is 0 Å². The van der Waals surface area contributed by atoms with Crippen molar-refractivity contribution < 1.29 is 12.7 Å². The van der Waals surface area contributed by atoms with Crippen LogP contribution in [-0.2, 0) is 12.7 Å². The molecule has 0 heterocycles. The van der Waals surface area contributed by atoms with Gasteiger partial charge in [0.25, 0.3) is 0 Å². The van der Waals surface area contributed by atoms with Gasteiger partial charge in [-0.05, 0) is 49.4 Å². The van der Waals surface area contributed by atoms with E-state index in [9.17, 15) is 0 Å². The van der Waals surface area contributed by atoms with Crippen molar-refractivity contribution in [2.45, 2.75) is 78.3 Å². The Morgan fingerprint density at radius 3 is 1.22 bits per heavy atom. The Labute approximate surface area is 157 Å². The minimum absolute atomic E-state index is 0.511. The number of aliphatic imine (C=N–C) groups is 2. The van der Waals surface area contributed by atoms with Crippen LogP contribution in [-0.4, -0.2) is 24.5 Å². The number of hydrogen-bond donors (Lipinski definition) is 0. The summed E-state index contributed by atoms with van der Waals surface area (Å²) in [6.45, 7) is 9.39. The molecule has 0 aromatic heterocycles. The molecule has 2 fully saturated rings. The molecule has 0 N–H and O–H groups in total. The molecule has 0 bridgehead atoms. The first kappa shape index (κ1) is 21.5. The van der Waals surface area contributed by atoms with Crippen molar-refractivity contribution >= 4 is 32.8 Å². The fourth-order valence-corrected chi connectivity index (χ4v) is 4.19. The zero-order chi connectivity index (χ0) is 17.2. The van der Waals surface area contributed by atoms with E-state index in [1.54, 1.807) is 0 Å². The molecule has 0 saturated heterocycles. The Bertz CT molecular complexity index is 322. The van der Waals surface area contributed by atoms with E-state index in [1.807, 2.05) is 12.4 Å². The molecule has 2 nitrogen and oxygen atoms in total. The quantitative estimate of drug-likeness (QED) is 0.397. The summed E-state index contributed by atoms with van der Waals surface area (Å²) in [6.07, 6.45) is 12.0. The third-order valence-electron chi connectivity index (χ3n) is 5.55. The van der Waals surface area contributed by atoms with E-state index in [-0.39, 0.29) is 0 Å². The van der Waals surface area contributed by atoms with Crippen molar-refractivity contribution in [1.29, 1.82) is 0 Å². The van der Waals surface area contributed by atoms with Crippen molar-refractivity contribution in [3.8, 4) is 0 Å². The van der Waals surface area contributed by atoms with Crippen molar-refractivity contribution in [2.75, 3.05) is 0 Å². The van der Waals surface area contributed by atoms with Crippen molar-refractivity contribution in [3.63, 3.8) is 0 Å². The first-order valence-electron chi connectivity index (χ1n) is 8.88. The van der Waals surface area contributed by atoms with Crippen molar-refractivity contribution in [1.82, 2.24) is 0 Å². The summed E-state index contributed by atoms with van der Waals surface area (Å²) < 4.78 is 0. The second-order valence-electron chi connectivity index (χ2n) is 7.39. The summed E-state index contributed by atoms with van der Waals surface area (Å²) in [7, 11) is 9.40. The molecule has 4 atom stereocenters. The standard InChI is InChI=1S/C18H32N2.2ClH.Ni/c1-13-7-5-8-14(2)17(13)19-11-12-20-18-15(3)9-6-10-16(18)4;;;/h11-18H,5-10H2,1-4H3;2*1H;/q;;;+2/p-2. The van der Waals surface area contributed by atoms with E-state index in [4.69, 9.17) is 30.4 Å². The molecule has 0 aromatic carbocycles. The van der Waals surface area contributed by atoms with Gasteiger partial charge in [0.15, 0.2) is 0 Å². The van der Waals surface area contributed by atoms with E-state index in [1.165, 1.54) is 38.5 Å². The summed E-state index contributed by atoms with van der Waals surface area (Å²) in [4.78, 5) is 9.61. The molecule has 2 aliphatic rings. The normalized spacial score (nSPS) is 38.7. The summed E-state index contributed by atoms with van der Waals surface area (Å²) in [5.74, 6) is 2.93. The first-order chi connectivity index (χ1) is 11.0. The molecule has 0 spiro atoms. The van der Waals surface area contributed by atoms with Gasteiger partial charge in [0.2, 0.25) is 0 Å². The summed E-state index contributed by atoms with van der Waals surface area (Å²) in [5, 5.41) is 0. The van der Waals surface area contributed by atoms with Gasteiger partial charge in [0.05, 0.1) is 12.1 Å². The third kappa shape index (κ3) is 7.45. The molecule has 0 aliphatic heterocycles. The molecule has 4 unspecified atom stereocenters. The topological polar surface area (TPSA) is 24.7 Å². The van der Waals surface area contributed by atoms with Gasteiger partial charge in [-0.2, -0.15) is 0 Å². The van der Waals surface area contributed by atoms with Crippen LogP contribution >= 0.6 is 20.4 Å². The van der Waals surface area contributed by atoms with Crippen molar-refractivity contribution in [2.24, 2.45) is 33.7 Å².